The van der Waals surface area contributed by atoms with Crippen LogP contribution in [0.5, 0.6) is 0 Å². The zero-order valence-electron chi connectivity index (χ0n) is 8.20. The number of urea groups is 1. The molecule has 2 amide bonds. The van der Waals surface area contributed by atoms with Gasteiger partial charge in [0.2, 0.25) is 0 Å². The van der Waals surface area contributed by atoms with Crippen LogP contribution in [0.3, 0.4) is 0 Å². The maximum Gasteiger partial charge on any atom is 0.323 e. The fourth-order valence-electron chi connectivity index (χ4n) is 1.18. The number of carbonyl (C=O) groups is 1. The third-order valence-corrected chi connectivity index (χ3v) is 1.84. The number of aromatic nitrogens is 2. The van der Waals surface area contributed by atoms with Crippen molar-refractivity contribution in [2.45, 2.75) is 0 Å². The summed E-state index contributed by atoms with van der Waals surface area (Å²) in [5.41, 5.74) is 0.926. The zero-order chi connectivity index (χ0) is 11.4. The van der Waals surface area contributed by atoms with Crippen molar-refractivity contribution >= 4 is 17.4 Å². The molecule has 82 valence electrons. The quantitative estimate of drug-likeness (QED) is 0.726. The van der Waals surface area contributed by atoms with Crippen LogP contribution < -0.4 is 10.6 Å². The van der Waals surface area contributed by atoms with E-state index in [4.69, 9.17) is 0 Å². The predicted molar refractivity (Wildman–Crippen MR) is 57.6 cm³/mol. The van der Waals surface area contributed by atoms with Crippen LogP contribution in [0, 0.1) is 5.82 Å². The third kappa shape index (κ3) is 2.57. The largest absolute Gasteiger partial charge is 0.323 e. The molecule has 5 nitrogen and oxygen atoms in total. The molecular formula is C10H9FN4O. The summed E-state index contributed by atoms with van der Waals surface area (Å²) >= 11 is 0. The molecule has 0 aliphatic heterocycles. The van der Waals surface area contributed by atoms with E-state index in [0.29, 0.717) is 11.4 Å². The summed E-state index contributed by atoms with van der Waals surface area (Å²) in [5.74, 6) is -0.402. The van der Waals surface area contributed by atoms with Crippen LogP contribution in [0.15, 0.2) is 36.7 Å². The van der Waals surface area contributed by atoms with Crippen molar-refractivity contribution in [1.29, 1.82) is 0 Å². The average molecular weight is 220 g/mol. The van der Waals surface area contributed by atoms with Gasteiger partial charge >= 0.3 is 6.03 Å². The van der Waals surface area contributed by atoms with Gasteiger partial charge in [0.05, 0.1) is 11.9 Å². The zero-order valence-corrected chi connectivity index (χ0v) is 8.20. The number of H-pyrrole nitrogens is 1. The number of halogens is 1. The Labute approximate surface area is 90.7 Å². The number of nitrogens with zero attached hydrogens (tertiary/aromatic N) is 1. The molecule has 6 heteroatoms. The van der Waals surface area contributed by atoms with Crippen molar-refractivity contribution in [3.8, 4) is 0 Å². The van der Waals surface area contributed by atoms with E-state index in [1.165, 1.54) is 30.6 Å². The molecule has 0 saturated carbocycles. The number of hydrogen-bond donors (Lipinski definition) is 3. The molecule has 0 aliphatic carbocycles. The van der Waals surface area contributed by atoms with Crippen LogP contribution in [0.25, 0.3) is 0 Å². The molecule has 0 atom stereocenters. The topological polar surface area (TPSA) is 69.8 Å². The summed E-state index contributed by atoms with van der Waals surface area (Å²) in [6.45, 7) is 0. The number of carbonyl (C=O) groups excluding carboxylic acids is 1. The highest BCUT2D eigenvalue weighted by molar-refractivity contribution is 5.99. The summed E-state index contributed by atoms with van der Waals surface area (Å²) in [4.78, 5) is 11.4. The molecule has 0 saturated heterocycles. The van der Waals surface area contributed by atoms with E-state index >= 15 is 0 Å². The lowest BCUT2D eigenvalue weighted by Gasteiger charge is -2.05. The molecule has 1 aromatic heterocycles. The third-order valence-electron chi connectivity index (χ3n) is 1.84. The van der Waals surface area contributed by atoms with Crippen molar-refractivity contribution in [3.63, 3.8) is 0 Å². The Hall–Kier alpha value is -2.37. The molecule has 0 spiro atoms. The van der Waals surface area contributed by atoms with E-state index < -0.39 is 11.8 Å². The fourth-order valence-corrected chi connectivity index (χ4v) is 1.18. The van der Waals surface area contributed by atoms with Crippen molar-refractivity contribution in [2.24, 2.45) is 0 Å². The Bertz CT molecular complexity index is 483. The van der Waals surface area contributed by atoms with Crippen molar-refractivity contribution in [2.75, 3.05) is 10.6 Å². The van der Waals surface area contributed by atoms with Gasteiger partial charge in [-0.15, -0.1) is 0 Å². The van der Waals surface area contributed by atoms with Gasteiger partial charge in [0, 0.05) is 11.9 Å². The monoisotopic (exact) mass is 220 g/mol. The Morgan fingerprint density at radius 3 is 2.81 bits per heavy atom. The van der Waals surface area contributed by atoms with Gasteiger partial charge in [-0.2, -0.15) is 5.10 Å². The molecule has 0 aliphatic rings. The highest BCUT2D eigenvalue weighted by Gasteiger charge is 2.03. The highest BCUT2D eigenvalue weighted by Crippen LogP contribution is 2.10. The van der Waals surface area contributed by atoms with Crippen molar-refractivity contribution < 1.29 is 9.18 Å². The second-order valence-corrected chi connectivity index (χ2v) is 3.08. The second kappa shape index (κ2) is 4.43. The Morgan fingerprint density at radius 1 is 1.31 bits per heavy atom. The van der Waals surface area contributed by atoms with Crippen LogP contribution >= 0.6 is 0 Å². The average Bonchev–Trinajstić information content (AvgIpc) is 2.70. The summed E-state index contributed by atoms with van der Waals surface area (Å²) < 4.78 is 12.8. The Morgan fingerprint density at radius 2 is 2.12 bits per heavy atom. The van der Waals surface area contributed by atoms with Crippen molar-refractivity contribution in [1.82, 2.24) is 10.2 Å². The first-order valence-corrected chi connectivity index (χ1v) is 4.56. The summed E-state index contributed by atoms with van der Waals surface area (Å²) in [7, 11) is 0. The molecular weight excluding hydrogens is 211 g/mol. The molecule has 0 unspecified atom stereocenters. The minimum absolute atomic E-state index is 0.390. The van der Waals surface area contributed by atoms with E-state index in [2.05, 4.69) is 20.8 Å². The van der Waals surface area contributed by atoms with E-state index in [-0.39, 0.29) is 0 Å². The predicted octanol–water partition coefficient (Wildman–Crippen LogP) is 2.19. The van der Waals surface area contributed by atoms with Crippen LogP contribution in [0.2, 0.25) is 0 Å². The van der Waals surface area contributed by atoms with Crippen molar-refractivity contribution in [3.05, 3.63) is 42.5 Å². The van der Waals surface area contributed by atoms with Gasteiger partial charge in [-0.05, 0) is 18.2 Å². The molecule has 1 heterocycles. The molecule has 1 aromatic carbocycles. The number of amides is 2. The minimum Gasteiger partial charge on any atom is -0.308 e. The number of anilines is 2. The van der Waals surface area contributed by atoms with E-state index in [9.17, 15) is 9.18 Å². The van der Waals surface area contributed by atoms with Crippen LogP contribution in [0.1, 0.15) is 0 Å². The van der Waals surface area contributed by atoms with Gasteiger partial charge in [0.25, 0.3) is 0 Å². The molecule has 0 bridgehead atoms. The summed E-state index contributed by atoms with van der Waals surface area (Å²) in [6.07, 6.45) is 3.00. The standard InChI is InChI=1S/C10H9FN4O/c11-7-2-1-3-8(4-7)14-10(16)15-9-5-12-13-6-9/h1-6H,(H,12,13)(H2,14,15,16). The van der Waals surface area contributed by atoms with E-state index in [1.807, 2.05) is 0 Å². The number of nitrogens with one attached hydrogen (secondary N) is 3. The molecule has 0 fully saturated rings. The first-order valence-electron chi connectivity index (χ1n) is 4.56. The van der Waals surface area contributed by atoms with Crippen LogP contribution in [-0.4, -0.2) is 16.2 Å². The maximum absolute atomic E-state index is 12.8. The smallest absolute Gasteiger partial charge is 0.308 e. The summed E-state index contributed by atoms with van der Waals surface area (Å²) in [6, 6.07) is 5.20. The lowest BCUT2D eigenvalue weighted by molar-refractivity contribution is 0.262. The number of hydrogen-bond acceptors (Lipinski definition) is 2. The van der Waals surface area contributed by atoms with Gasteiger partial charge in [-0.1, -0.05) is 6.07 Å². The molecule has 16 heavy (non-hydrogen) atoms. The van der Waals surface area contributed by atoms with Crippen LogP contribution in [-0.2, 0) is 0 Å². The Kier molecular flexibility index (Phi) is 2.81. The van der Waals surface area contributed by atoms with Gasteiger partial charge in [-0.25, -0.2) is 9.18 Å². The number of benzene rings is 1. The van der Waals surface area contributed by atoms with Gasteiger partial charge < -0.3 is 10.6 Å². The fraction of sp³-hybridized carbons (Fsp3) is 0. The molecule has 2 rings (SSSR count). The maximum atomic E-state index is 12.8. The van der Waals surface area contributed by atoms with Crippen LogP contribution in [0.4, 0.5) is 20.6 Å². The molecule has 3 N–H and O–H groups in total. The van der Waals surface area contributed by atoms with E-state index in [1.54, 1.807) is 6.07 Å². The SMILES string of the molecule is O=C(Nc1cn[nH]c1)Nc1cccc(F)c1. The molecule has 2 aromatic rings. The van der Waals surface area contributed by atoms with E-state index in [0.717, 1.165) is 0 Å². The highest BCUT2D eigenvalue weighted by atomic mass is 19.1. The Balaban J connectivity index is 1.97. The normalized spacial score (nSPS) is 9.81. The molecule has 0 radical (unpaired) electrons. The number of aromatic amines is 1. The number of rotatable bonds is 2. The summed E-state index contributed by atoms with van der Waals surface area (Å²) in [5, 5.41) is 11.2. The first kappa shape index (κ1) is 10.2. The van der Waals surface area contributed by atoms with Gasteiger partial charge in [-0.3, -0.25) is 5.10 Å². The van der Waals surface area contributed by atoms with Gasteiger partial charge in [0.15, 0.2) is 0 Å². The second-order valence-electron chi connectivity index (χ2n) is 3.08. The minimum atomic E-state index is -0.452. The van der Waals surface area contributed by atoms with Gasteiger partial charge in [0.1, 0.15) is 5.82 Å². The lowest BCUT2D eigenvalue weighted by atomic mass is 10.3. The first-order chi connectivity index (χ1) is 7.74. The lowest BCUT2D eigenvalue weighted by Crippen LogP contribution is -2.19.